The summed E-state index contributed by atoms with van der Waals surface area (Å²) in [6.07, 6.45) is 2.35. The van der Waals surface area contributed by atoms with Crippen molar-refractivity contribution in [1.82, 2.24) is 0 Å². The first-order valence-electron chi connectivity index (χ1n) is 11.1. The Labute approximate surface area is 214 Å². The summed E-state index contributed by atoms with van der Waals surface area (Å²) in [5.74, 6) is -0.169. The highest BCUT2D eigenvalue weighted by molar-refractivity contribution is 6.37. The van der Waals surface area contributed by atoms with Crippen LogP contribution in [-0.4, -0.2) is 5.91 Å². The molecule has 0 heterocycles. The van der Waals surface area contributed by atoms with Crippen LogP contribution in [0.2, 0.25) is 10.0 Å². The van der Waals surface area contributed by atoms with Gasteiger partial charge in [-0.25, -0.2) is 0 Å². The zero-order chi connectivity index (χ0) is 24.8. The number of hydrogen-bond donors (Lipinski definition) is 1. The summed E-state index contributed by atoms with van der Waals surface area (Å²) < 4.78 is 5.96. The van der Waals surface area contributed by atoms with E-state index < -0.39 is 5.91 Å². The SMILES string of the molecule is CCc1ccc(NC(=O)/C(C#N)=C/c2cc(Cl)c(OCc3cccc4ccccc34)c(Cl)c2)cc1. The van der Waals surface area contributed by atoms with Gasteiger partial charge in [0, 0.05) is 5.69 Å². The normalized spacial score (nSPS) is 11.2. The van der Waals surface area contributed by atoms with Gasteiger partial charge in [-0.1, -0.05) is 84.7 Å². The molecule has 174 valence electrons. The van der Waals surface area contributed by atoms with Gasteiger partial charge in [-0.05, 0) is 64.2 Å². The number of anilines is 1. The lowest BCUT2D eigenvalue weighted by Gasteiger charge is -2.13. The maximum atomic E-state index is 12.6. The highest BCUT2D eigenvalue weighted by atomic mass is 35.5. The summed E-state index contributed by atoms with van der Waals surface area (Å²) in [7, 11) is 0. The molecule has 0 saturated carbocycles. The molecule has 0 fully saturated rings. The van der Waals surface area contributed by atoms with Crippen molar-refractivity contribution in [2.45, 2.75) is 20.0 Å². The van der Waals surface area contributed by atoms with E-state index in [-0.39, 0.29) is 15.6 Å². The van der Waals surface area contributed by atoms with Crippen LogP contribution in [0.1, 0.15) is 23.6 Å². The van der Waals surface area contributed by atoms with E-state index >= 15 is 0 Å². The summed E-state index contributed by atoms with van der Waals surface area (Å²) in [6.45, 7) is 2.35. The molecule has 0 aliphatic heterocycles. The summed E-state index contributed by atoms with van der Waals surface area (Å²) in [5.41, 5.74) is 3.23. The first-order valence-corrected chi connectivity index (χ1v) is 11.8. The third-order valence-corrected chi connectivity index (χ3v) is 6.13. The second-order valence-corrected chi connectivity index (χ2v) is 8.73. The zero-order valence-electron chi connectivity index (χ0n) is 19.0. The minimum Gasteiger partial charge on any atom is -0.486 e. The molecule has 0 aliphatic carbocycles. The Hall–Kier alpha value is -3.78. The van der Waals surface area contributed by atoms with Crippen molar-refractivity contribution < 1.29 is 9.53 Å². The summed E-state index contributed by atoms with van der Waals surface area (Å²) in [5, 5.41) is 15.1. The van der Waals surface area contributed by atoms with E-state index in [1.165, 1.54) is 6.08 Å². The Kier molecular flexibility index (Phi) is 7.72. The van der Waals surface area contributed by atoms with E-state index in [0.29, 0.717) is 23.6 Å². The predicted molar refractivity (Wildman–Crippen MR) is 143 cm³/mol. The van der Waals surface area contributed by atoms with Gasteiger partial charge in [-0.15, -0.1) is 0 Å². The number of hydrogen-bond acceptors (Lipinski definition) is 3. The number of nitriles is 1. The molecule has 0 aromatic heterocycles. The Morgan fingerprint density at radius 3 is 2.37 bits per heavy atom. The van der Waals surface area contributed by atoms with E-state index in [2.05, 4.69) is 12.2 Å². The Bertz CT molecular complexity index is 1430. The van der Waals surface area contributed by atoms with Gasteiger partial charge in [0.25, 0.3) is 5.91 Å². The smallest absolute Gasteiger partial charge is 0.266 e. The van der Waals surface area contributed by atoms with Crippen LogP contribution in [0.15, 0.2) is 84.4 Å². The minimum absolute atomic E-state index is 0.0684. The quantitative estimate of drug-likeness (QED) is 0.207. The van der Waals surface area contributed by atoms with Crippen LogP contribution < -0.4 is 10.1 Å². The lowest BCUT2D eigenvalue weighted by atomic mass is 10.1. The number of nitrogens with zero attached hydrogens (tertiary/aromatic N) is 1. The standard InChI is InChI=1S/C29H22Cl2N2O2/c1-2-19-10-12-24(13-11-19)33-29(34)23(17-32)14-20-15-26(30)28(27(31)16-20)35-18-22-8-5-7-21-6-3-4-9-25(21)22/h3-16H,2,18H2,1H3,(H,33,34)/b23-14+. The lowest BCUT2D eigenvalue weighted by molar-refractivity contribution is -0.112. The fourth-order valence-corrected chi connectivity index (χ4v) is 4.32. The number of ether oxygens (including phenoxy) is 1. The Morgan fingerprint density at radius 1 is 1.00 bits per heavy atom. The maximum Gasteiger partial charge on any atom is 0.266 e. The number of benzene rings is 4. The fourth-order valence-electron chi connectivity index (χ4n) is 3.71. The van der Waals surface area contributed by atoms with Gasteiger partial charge < -0.3 is 10.1 Å². The van der Waals surface area contributed by atoms with Crippen LogP contribution in [0.5, 0.6) is 5.75 Å². The summed E-state index contributed by atoms with van der Waals surface area (Å²) in [4.78, 5) is 12.6. The minimum atomic E-state index is -0.514. The lowest BCUT2D eigenvalue weighted by Crippen LogP contribution is -2.13. The van der Waals surface area contributed by atoms with Crippen molar-refractivity contribution in [2.24, 2.45) is 0 Å². The van der Waals surface area contributed by atoms with E-state index in [4.69, 9.17) is 27.9 Å². The predicted octanol–water partition coefficient (Wildman–Crippen LogP) is 7.83. The molecular weight excluding hydrogens is 479 g/mol. The zero-order valence-corrected chi connectivity index (χ0v) is 20.5. The Morgan fingerprint density at radius 2 is 1.69 bits per heavy atom. The number of aryl methyl sites for hydroxylation is 1. The van der Waals surface area contributed by atoms with Crippen LogP contribution in [0, 0.1) is 11.3 Å². The number of halogens is 2. The largest absolute Gasteiger partial charge is 0.486 e. The fraction of sp³-hybridized carbons (Fsp3) is 0.103. The molecule has 1 amide bonds. The van der Waals surface area contributed by atoms with Gasteiger partial charge in [0.2, 0.25) is 0 Å². The highest BCUT2D eigenvalue weighted by Gasteiger charge is 2.14. The van der Waals surface area contributed by atoms with Gasteiger partial charge in [0.05, 0.1) is 10.0 Å². The number of fused-ring (bicyclic) bond motifs is 1. The topological polar surface area (TPSA) is 62.1 Å². The molecule has 0 unspecified atom stereocenters. The molecule has 0 bridgehead atoms. The van der Waals surface area contributed by atoms with Crippen LogP contribution in [0.4, 0.5) is 5.69 Å². The van der Waals surface area contributed by atoms with Gasteiger partial charge in [0.15, 0.2) is 5.75 Å². The van der Waals surface area contributed by atoms with Gasteiger partial charge in [-0.3, -0.25) is 4.79 Å². The first kappa shape index (κ1) is 24.3. The maximum absolute atomic E-state index is 12.6. The van der Waals surface area contributed by atoms with Crippen molar-refractivity contribution >= 4 is 51.6 Å². The third kappa shape index (κ3) is 5.84. The molecule has 4 nitrogen and oxygen atoms in total. The molecule has 35 heavy (non-hydrogen) atoms. The van der Waals surface area contributed by atoms with Crippen LogP contribution >= 0.6 is 23.2 Å². The molecule has 6 heteroatoms. The van der Waals surface area contributed by atoms with Crippen LogP contribution in [0.25, 0.3) is 16.8 Å². The molecule has 0 atom stereocenters. The number of nitrogens with one attached hydrogen (secondary N) is 1. The third-order valence-electron chi connectivity index (χ3n) is 5.57. The van der Waals surface area contributed by atoms with E-state index in [1.54, 1.807) is 12.1 Å². The number of rotatable bonds is 7. The number of carbonyl (C=O) groups excluding carboxylic acids is 1. The summed E-state index contributed by atoms with van der Waals surface area (Å²) in [6, 6.07) is 26.7. The molecule has 1 N–H and O–H groups in total. The molecule has 4 rings (SSSR count). The summed E-state index contributed by atoms with van der Waals surface area (Å²) >= 11 is 12.9. The Balaban J connectivity index is 1.51. The average molecular weight is 501 g/mol. The van der Waals surface area contributed by atoms with Gasteiger partial charge >= 0.3 is 0 Å². The van der Waals surface area contributed by atoms with Crippen molar-refractivity contribution in [3.05, 3.63) is 111 Å². The van der Waals surface area contributed by atoms with E-state index in [1.807, 2.05) is 72.8 Å². The molecule has 0 radical (unpaired) electrons. The molecular formula is C29H22Cl2N2O2. The van der Waals surface area contributed by atoms with Crippen molar-refractivity contribution in [3.63, 3.8) is 0 Å². The second kappa shape index (κ2) is 11.1. The number of carbonyl (C=O) groups is 1. The highest BCUT2D eigenvalue weighted by Crippen LogP contribution is 2.36. The van der Waals surface area contributed by atoms with E-state index in [0.717, 1.165) is 28.3 Å². The molecule has 0 aliphatic rings. The van der Waals surface area contributed by atoms with Crippen LogP contribution in [0.3, 0.4) is 0 Å². The molecule has 4 aromatic carbocycles. The number of amides is 1. The molecule has 0 saturated heterocycles. The van der Waals surface area contributed by atoms with Crippen molar-refractivity contribution in [3.8, 4) is 11.8 Å². The second-order valence-electron chi connectivity index (χ2n) is 7.92. The van der Waals surface area contributed by atoms with Gasteiger partial charge in [-0.2, -0.15) is 5.26 Å². The molecule has 0 spiro atoms. The average Bonchev–Trinajstić information content (AvgIpc) is 2.87. The first-order chi connectivity index (χ1) is 17.0. The van der Waals surface area contributed by atoms with E-state index in [9.17, 15) is 10.1 Å². The monoisotopic (exact) mass is 500 g/mol. The van der Waals surface area contributed by atoms with Crippen molar-refractivity contribution in [2.75, 3.05) is 5.32 Å². The van der Waals surface area contributed by atoms with Gasteiger partial charge in [0.1, 0.15) is 18.2 Å². The van der Waals surface area contributed by atoms with Crippen LogP contribution in [-0.2, 0) is 17.8 Å². The van der Waals surface area contributed by atoms with Crippen molar-refractivity contribution in [1.29, 1.82) is 5.26 Å². The molecule has 4 aromatic rings.